The predicted octanol–water partition coefficient (Wildman–Crippen LogP) is -10.5. The number of aliphatic hydroxyl groups is 12. The number of ketones is 2. The Morgan fingerprint density at radius 3 is 1.02 bits per heavy atom. The van der Waals surface area contributed by atoms with Gasteiger partial charge in [0.15, 0.2) is 24.1 Å². The lowest BCUT2D eigenvalue weighted by Crippen LogP contribution is -2.49. The lowest BCUT2D eigenvalue weighted by Gasteiger charge is -2.25. The minimum absolute atomic E-state index is 0.0354. The largest absolute Gasteiger partial charge is 0.469 e. The van der Waals surface area contributed by atoms with Crippen molar-refractivity contribution in [2.24, 2.45) is 0 Å². The molecule has 0 aromatic heterocycles. The number of phosphoric ester groups is 4. The Morgan fingerprint density at radius 2 is 0.732 bits per heavy atom. The van der Waals surface area contributed by atoms with Crippen molar-refractivity contribution in [3.8, 4) is 0 Å². The van der Waals surface area contributed by atoms with E-state index in [0.29, 0.717) is 0 Å². The van der Waals surface area contributed by atoms with E-state index in [0.717, 1.165) is 0 Å². The monoisotopic (exact) mass is 920 g/mol. The highest BCUT2D eigenvalue weighted by Gasteiger charge is 2.35. The van der Waals surface area contributed by atoms with Crippen LogP contribution < -0.4 is 0 Å². The van der Waals surface area contributed by atoms with Crippen molar-refractivity contribution in [2.75, 3.05) is 39.6 Å². The molecule has 0 fully saturated rings. The molecule has 0 radical (unpaired) electrons. The molecule has 0 bridgehead atoms. The van der Waals surface area contributed by atoms with Crippen molar-refractivity contribution in [1.29, 1.82) is 0 Å². The predicted molar refractivity (Wildman–Crippen MR) is 168 cm³/mol. The maximum atomic E-state index is 10.8. The molecule has 0 amide bonds. The molecule has 32 nitrogen and oxygen atoms in total. The molecule has 0 aliphatic carbocycles. The summed E-state index contributed by atoms with van der Waals surface area (Å²) < 4.78 is 55.7. The first-order chi connectivity index (χ1) is 25.1. The van der Waals surface area contributed by atoms with E-state index in [4.69, 9.17) is 85.1 Å². The van der Waals surface area contributed by atoms with Crippen LogP contribution in [0.25, 0.3) is 0 Å². The summed E-state index contributed by atoms with van der Waals surface area (Å²) in [5.74, 6) is -2.33. The molecule has 20 N–H and O–H groups in total. The van der Waals surface area contributed by atoms with Crippen molar-refractivity contribution in [3.05, 3.63) is 0 Å². The Bertz CT molecular complexity index is 1310. The Hall–Kier alpha value is -1.36. The molecule has 0 aliphatic heterocycles. The van der Waals surface area contributed by atoms with Gasteiger partial charge in [0.25, 0.3) is 0 Å². The van der Waals surface area contributed by atoms with Crippen LogP contribution in [-0.4, -0.2) is 225 Å². The lowest BCUT2D eigenvalue weighted by molar-refractivity contribution is -0.149. The number of phosphoric acid groups is 4. The van der Waals surface area contributed by atoms with Gasteiger partial charge in [0.05, 0.1) is 26.4 Å². The van der Waals surface area contributed by atoms with Crippen LogP contribution in [0.4, 0.5) is 0 Å². The van der Waals surface area contributed by atoms with Crippen molar-refractivity contribution in [1.82, 2.24) is 0 Å². The van der Waals surface area contributed by atoms with Crippen LogP contribution in [-0.2, 0) is 55.5 Å². The Morgan fingerprint density at radius 1 is 0.446 bits per heavy atom. The zero-order valence-electron chi connectivity index (χ0n) is 27.8. The number of aldehydes is 2. The first-order valence-corrected chi connectivity index (χ1v) is 20.0. The van der Waals surface area contributed by atoms with Gasteiger partial charge in [-0.3, -0.25) is 27.7 Å². The maximum Gasteiger partial charge on any atom is 0.469 e. The molecule has 1 unspecified atom stereocenters. The molecule has 0 rings (SSSR count). The van der Waals surface area contributed by atoms with E-state index in [1.807, 2.05) is 0 Å². The fraction of sp³-hybridized carbons (Fsp3) is 0.800. The second kappa shape index (κ2) is 29.8. The quantitative estimate of drug-likeness (QED) is 0.0316. The van der Waals surface area contributed by atoms with Crippen LogP contribution in [0.3, 0.4) is 0 Å². The lowest BCUT2D eigenvalue weighted by atomic mass is 10.0. The summed E-state index contributed by atoms with van der Waals surface area (Å²) in [6.07, 6.45) is -18.9. The summed E-state index contributed by atoms with van der Waals surface area (Å²) in [5.41, 5.74) is 0. The van der Waals surface area contributed by atoms with Crippen LogP contribution in [0.1, 0.15) is 0 Å². The van der Waals surface area contributed by atoms with Crippen molar-refractivity contribution < 1.29 is 156 Å². The van der Waals surface area contributed by atoms with E-state index in [1.54, 1.807) is 0 Å². The van der Waals surface area contributed by atoms with Crippen LogP contribution in [0.15, 0.2) is 0 Å². The smallest absolute Gasteiger partial charge is 0.388 e. The highest BCUT2D eigenvalue weighted by molar-refractivity contribution is 7.47. The van der Waals surface area contributed by atoms with E-state index in [-0.39, 0.29) is 12.6 Å². The Balaban J connectivity index is -0.000000330. The molecule has 0 saturated heterocycles. The topological polar surface area (TPSA) is 578 Å². The van der Waals surface area contributed by atoms with Gasteiger partial charge in [-0.1, -0.05) is 0 Å². The molecule has 0 aliphatic rings. The van der Waals surface area contributed by atoms with E-state index in [2.05, 4.69) is 18.1 Å². The zero-order chi connectivity index (χ0) is 45.4. The standard InChI is InChI=1S/C7H15O10P.C6H13O9P.C4H9O7P.C3H7O6P/c8-1-3(9)5(11)7(13)6(12)4(10)2-17-18(14,15)16;7-1-3(8)5(10)6(11)4(9)2-15-16(12,13)14;5-1-3(6)4(7)2-11-12(8,9)10;4-1-3(5)2-9-10(6,7)8/h4-8,10-13H,1-2H2,(H2,14,15,16);4-7,9-11H,1-2H2,(H2,12,13,14);1,3-4,6-7H,2H2,(H2,8,9,10);1,3,5H,2H2,(H2,6,7,8)/t4-,5-,6-,7+;4-,5-,6-;3-,4+;/m110./s1. The highest BCUT2D eigenvalue weighted by Crippen LogP contribution is 2.37. The normalized spacial score (nSPS) is 17.5. The number of hydrogen-bond donors (Lipinski definition) is 20. The van der Waals surface area contributed by atoms with Gasteiger partial charge < -0.3 is 110 Å². The number of aliphatic hydroxyl groups excluding tert-OH is 12. The molecular weight excluding hydrogens is 876 g/mol. The van der Waals surface area contributed by atoms with Crippen molar-refractivity contribution in [2.45, 2.75) is 61.0 Å². The first kappa shape index (κ1) is 61.3. The van der Waals surface area contributed by atoms with Gasteiger partial charge in [-0.2, -0.15) is 0 Å². The van der Waals surface area contributed by atoms with Gasteiger partial charge in [0, 0.05) is 0 Å². The molecule has 0 aromatic carbocycles. The average Bonchev–Trinajstić information content (AvgIpc) is 3.10. The van der Waals surface area contributed by atoms with E-state index < -0.39 is 144 Å². The molecule has 56 heavy (non-hydrogen) atoms. The zero-order valence-corrected chi connectivity index (χ0v) is 31.4. The second-order valence-corrected chi connectivity index (χ2v) is 14.7. The van der Waals surface area contributed by atoms with E-state index in [1.165, 1.54) is 0 Å². The molecule has 36 heteroatoms. The van der Waals surface area contributed by atoms with Gasteiger partial charge in [-0.15, -0.1) is 0 Å². The minimum Gasteiger partial charge on any atom is -0.388 e. The fourth-order valence-electron chi connectivity index (χ4n) is 2.31. The Kier molecular flexibility index (Phi) is 32.6. The number of hydrogen-bond acceptors (Lipinski definition) is 24. The van der Waals surface area contributed by atoms with Gasteiger partial charge in [-0.05, 0) is 0 Å². The summed E-state index contributed by atoms with van der Waals surface area (Å²) in [6.45, 7) is -5.61. The second-order valence-electron chi connectivity index (χ2n) is 9.79. The van der Waals surface area contributed by atoms with E-state index >= 15 is 0 Å². The number of Topliss-reactive ketones (excluding diaryl/α,β-unsaturated/α-hetero) is 2. The maximum absolute atomic E-state index is 10.8. The van der Waals surface area contributed by atoms with Crippen LogP contribution in [0.2, 0.25) is 0 Å². The summed E-state index contributed by atoms with van der Waals surface area (Å²) >= 11 is 0. The summed E-state index contributed by atoms with van der Waals surface area (Å²) in [6, 6.07) is 0. The SMILES string of the molecule is O=C(CO)[C@@H](O)[C@H](O)[C@H](O)COP(=O)(O)O.O=C(CO)[C@@H](O)[C@H](O)[C@H](O)[C@H](O)COP(=O)(O)O.O=CC(O)COP(=O)(O)O.O=C[C@H](O)[C@H](O)COP(=O)(O)O. The third kappa shape index (κ3) is 35.8. The Labute approximate surface area is 312 Å². The van der Waals surface area contributed by atoms with E-state index in [9.17, 15) is 52.8 Å². The summed E-state index contributed by atoms with van der Waals surface area (Å²) in [4.78, 5) is 106. The molecule has 0 spiro atoms. The van der Waals surface area contributed by atoms with Crippen molar-refractivity contribution in [3.63, 3.8) is 0 Å². The molecule has 0 aromatic rings. The molecule has 336 valence electrons. The molecular formula is C20H44O32P4. The number of carbonyl (C=O) groups excluding carboxylic acids is 4. The third-order valence-electron chi connectivity index (χ3n) is 5.10. The minimum atomic E-state index is -4.86. The first-order valence-electron chi connectivity index (χ1n) is 13.9. The summed E-state index contributed by atoms with van der Waals surface area (Å²) in [5, 5.41) is 106. The van der Waals surface area contributed by atoms with Crippen LogP contribution in [0.5, 0.6) is 0 Å². The van der Waals surface area contributed by atoms with Gasteiger partial charge in [0.1, 0.15) is 74.3 Å². The summed E-state index contributed by atoms with van der Waals surface area (Å²) in [7, 11) is -18.9. The molecule has 0 saturated carbocycles. The van der Waals surface area contributed by atoms with Gasteiger partial charge in [0.2, 0.25) is 0 Å². The van der Waals surface area contributed by atoms with Crippen molar-refractivity contribution >= 4 is 55.4 Å². The van der Waals surface area contributed by atoms with Gasteiger partial charge >= 0.3 is 31.3 Å². The fourth-order valence-corrected chi connectivity index (χ4v) is 3.70. The molecule has 0 heterocycles. The third-order valence-corrected chi connectivity index (χ3v) is 7.04. The van der Waals surface area contributed by atoms with Crippen LogP contribution in [0, 0.1) is 0 Å². The highest BCUT2D eigenvalue weighted by atomic mass is 31.2. The average molecular weight is 920 g/mol. The van der Waals surface area contributed by atoms with Crippen LogP contribution >= 0.6 is 31.3 Å². The number of carbonyl (C=O) groups is 4. The molecule has 10 atom stereocenters. The number of rotatable bonds is 24. The van der Waals surface area contributed by atoms with Gasteiger partial charge in [-0.25, -0.2) is 18.3 Å².